The minimum absolute atomic E-state index is 0.180. The molecule has 1 saturated heterocycles. The summed E-state index contributed by atoms with van der Waals surface area (Å²) in [5, 5.41) is 4.21. The van der Waals surface area contributed by atoms with E-state index in [-0.39, 0.29) is 6.17 Å². The van der Waals surface area contributed by atoms with Crippen LogP contribution in [0.4, 0.5) is 14.5 Å². The Morgan fingerprint density at radius 2 is 2.04 bits per heavy atom. The highest BCUT2D eigenvalue weighted by Crippen LogP contribution is 2.43. The molecule has 1 fully saturated rings. The molecule has 2 aromatic heterocycles. The van der Waals surface area contributed by atoms with Gasteiger partial charge in [-0.3, -0.25) is 0 Å². The molecule has 1 atom stereocenters. The summed E-state index contributed by atoms with van der Waals surface area (Å²) in [6.07, 6.45) is 7.27. The third-order valence-corrected chi connectivity index (χ3v) is 5.15. The Balaban J connectivity index is 1.65. The van der Waals surface area contributed by atoms with E-state index in [0.717, 1.165) is 36.7 Å². The van der Waals surface area contributed by atoms with E-state index >= 15 is 0 Å². The van der Waals surface area contributed by atoms with Crippen LogP contribution in [0.3, 0.4) is 0 Å². The molecule has 0 bridgehead atoms. The van der Waals surface area contributed by atoms with Gasteiger partial charge in [-0.15, -0.1) is 0 Å². The van der Waals surface area contributed by atoms with Crippen LogP contribution in [0.5, 0.6) is 0 Å². The normalized spacial score (nSPS) is 19.3. The molecular formula is C19H17F2N5. The zero-order chi connectivity index (χ0) is 17.8. The highest BCUT2D eigenvalue weighted by Gasteiger charge is 2.38. The maximum absolute atomic E-state index is 14.6. The number of hydrogen-bond donors (Lipinski definition) is 0. The number of aromatic nitrogens is 3. The van der Waals surface area contributed by atoms with Crippen molar-refractivity contribution < 1.29 is 8.78 Å². The van der Waals surface area contributed by atoms with Crippen molar-refractivity contribution >= 4 is 11.3 Å². The Morgan fingerprint density at radius 3 is 2.92 bits per heavy atom. The van der Waals surface area contributed by atoms with E-state index in [0.29, 0.717) is 11.3 Å². The summed E-state index contributed by atoms with van der Waals surface area (Å²) in [6, 6.07) is 6.43. The van der Waals surface area contributed by atoms with Crippen LogP contribution in [0.1, 0.15) is 30.1 Å². The molecule has 5 rings (SSSR count). The third-order valence-electron chi connectivity index (χ3n) is 5.15. The van der Waals surface area contributed by atoms with E-state index in [1.165, 1.54) is 12.0 Å². The lowest BCUT2D eigenvalue weighted by Gasteiger charge is -2.32. The largest absolute Gasteiger partial charge is 0.349 e. The number of allylic oxidation sites excluding steroid dienone is 1. The maximum atomic E-state index is 14.6. The molecule has 3 aromatic rings. The lowest BCUT2D eigenvalue weighted by Crippen LogP contribution is -2.31. The average Bonchev–Trinajstić information content (AvgIpc) is 3.32. The second-order valence-corrected chi connectivity index (χ2v) is 6.78. The number of pyridine rings is 1. The van der Waals surface area contributed by atoms with E-state index in [1.807, 2.05) is 29.4 Å². The molecule has 1 aromatic carbocycles. The van der Waals surface area contributed by atoms with Gasteiger partial charge in [0.1, 0.15) is 24.1 Å². The van der Waals surface area contributed by atoms with Crippen LogP contribution in [0, 0.1) is 18.6 Å². The van der Waals surface area contributed by atoms with Crippen molar-refractivity contribution in [1.29, 1.82) is 0 Å². The minimum Gasteiger partial charge on any atom is -0.349 e. The number of aryl methyl sites for hydroxylation is 1. The van der Waals surface area contributed by atoms with Gasteiger partial charge in [-0.2, -0.15) is 5.10 Å². The summed E-state index contributed by atoms with van der Waals surface area (Å²) in [5.41, 5.74) is 3.73. The fourth-order valence-corrected chi connectivity index (χ4v) is 3.88. The van der Waals surface area contributed by atoms with Crippen molar-refractivity contribution in [2.24, 2.45) is 0 Å². The highest BCUT2D eigenvalue weighted by atomic mass is 19.1. The lowest BCUT2D eigenvalue weighted by molar-refractivity contribution is 0.317. The van der Waals surface area contributed by atoms with Crippen LogP contribution in [-0.4, -0.2) is 26.0 Å². The second-order valence-electron chi connectivity index (χ2n) is 6.78. The van der Waals surface area contributed by atoms with E-state index < -0.39 is 11.6 Å². The maximum Gasteiger partial charge on any atom is 0.155 e. The van der Waals surface area contributed by atoms with E-state index in [1.54, 1.807) is 17.5 Å². The van der Waals surface area contributed by atoms with Crippen LogP contribution in [-0.2, 0) is 0 Å². The van der Waals surface area contributed by atoms with Crippen molar-refractivity contribution in [2.75, 3.05) is 11.4 Å². The summed E-state index contributed by atoms with van der Waals surface area (Å²) in [6.45, 7) is 2.56. The molecule has 4 heterocycles. The monoisotopic (exact) mass is 353 g/mol. The molecule has 7 heteroatoms. The van der Waals surface area contributed by atoms with Crippen molar-refractivity contribution in [2.45, 2.75) is 25.9 Å². The van der Waals surface area contributed by atoms with Crippen LogP contribution in [0.25, 0.3) is 5.65 Å². The van der Waals surface area contributed by atoms with E-state index in [9.17, 15) is 8.78 Å². The molecule has 0 radical (unpaired) electrons. The molecule has 0 amide bonds. The molecule has 0 spiro atoms. The molecular weight excluding hydrogens is 336 g/mol. The highest BCUT2D eigenvalue weighted by molar-refractivity contribution is 5.57. The van der Waals surface area contributed by atoms with Crippen molar-refractivity contribution in [3.8, 4) is 0 Å². The van der Waals surface area contributed by atoms with E-state index in [4.69, 9.17) is 0 Å². The summed E-state index contributed by atoms with van der Waals surface area (Å²) in [7, 11) is 0. The van der Waals surface area contributed by atoms with Gasteiger partial charge < -0.3 is 9.80 Å². The summed E-state index contributed by atoms with van der Waals surface area (Å²) < 4.78 is 30.0. The number of anilines is 1. The van der Waals surface area contributed by atoms with Crippen LogP contribution in [0.2, 0.25) is 0 Å². The summed E-state index contributed by atoms with van der Waals surface area (Å²) in [4.78, 5) is 8.35. The van der Waals surface area contributed by atoms with Crippen molar-refractivity contribution in [3.63, 3.8) is 0 Å². The molecule has 2 aliphatic heterocycles. The Labute approximate surface area is 149 Å². The molecule has 1 unspecified atom stereocenters. The first kappa shape index (κ1) is 15.3. The molecule has 2 aliphatic rings. The standard InChI is InChI=1S/C19H17F2N5/c1-12-7-17(16(21)8-15(12)20)25-10-14-3-2-6-24(14)19(25)13-4-5-18-22-11-23-26(18)9-13/h4-5,7-11,19H,2-3,6H2,1H3. The molecule has 5 nitrogen and oxygen atoms in total. The average molecular weight is 353 g/mol. The van der Waals surface area contributed by atoms with Gasteiger partial charge in [-0.05, 0) is 43.5 Å². The topological polar surface area (TPSA) is 36.7 Å². The Kier molecular flexibility index (Phi) is 3.25. The Bertz CT molecular complexity index is 1040. The predicted molar refractivity (Wildman–Crippen MR) is 93.3 cm³/mol. The lowest BCUT2D eigenvalue weighted by atomic mass is 10.1. The quantitative estimate of drug-likeness (QED) is 0.703. The zero-order valence-corrected chi connectivity index (χ0v) is 14.2. The van der Waals surface area contributed by atoms with Gasteiger partial charge in [-0.25, -0.2) is 18.3 Å². The van der Waals surface area contributed by atoms with Gasteiger partial charge in [0, 0.05) is 36.3 Å². The van der Waals surface area contributed by atoms with Gasteiger partial charge in [-0.1, -0.05) is 0 Å². The van der Waals surface area contributed by atoms with E-state index in [2.05, 4.69) is 15.0 Å². The predicted octanol–water partition coefficient (Wildman–Crippen LogP) is 3.77. The third kappa shape index (κ3) is 2.20. The molecule has 132 valence electrons. The van der Waals surface area contributed by atoms with Crippen molar-refractivity contribution in [3.05, 3.63) is 71.4 Å². The number of halogens is 2. The number of fused-ring (bicyclic) bond motifs is 2. The number of nitrogens with zero attached hydrogens (tertiary/aromatic N) is 5. The first-order valence-corrected chi connectivity index (χ1v) is 8.62. The van der Waals surface area contributed by atoms with Crippen LogP contribution in [0.15, 0.2) is 48.7 Å². The van der Waals surface area contributed by atoms with Gasteiger partial charge >= 0.3 is 0 Å². The zero-order valence-electron chi connectivity index (χ0n) is 14.2. The fraction of sp³-hybridized carbons (Fsp3) is 0.263. The first-order chi connectivity index (χ1) is 12.6. The van der Waals surface area contributed by atoms with Crippen LogP contribution >= 0.6 is 0 Å². The smallest absolute Gasteiger partial charge is 0.155 e. The first-order valence-electron chi connectivity index (χ1n) is 8.62. The minimum atomic E-state index is -0.557. The Hall–Kier alpha value is -2.96. The Morgan fingerprint density at radius 1 is 1.15 bits per heavy atom. The van der Waals surface area contributed by atoms with Gasteiger partial charge in [0.15, 0.2) is 5.65 Å². The van der Waals surface area contributed by atoms with Crippen LogP contribution < -0.4 is 4.90 Å². The molecule has 0 aliphatic carbocycles. The number of rotatable bonds is 2. The number of hydrogen-bond acceptors (Lipinski definition) is 4. The van der Waals surface area contributed by atoms with Gasteiger partial charge in [0.25, 0.3) is 0 Å². The molecule has 0 N–H and O–H groups in total. The summed E-state index contributed by atoms with van der Waals surface area (Å²) >= 11 is 0. The number of benzene rings is 1. The van der Waals surface area contributed by atoms with Gasteiger partial charge in [0.05, 0.1) is 5.69 Å². The molecule has 0 saturated carbocycles. The SMILES string of the molecule is Cc1cc(N2C=C3CCCN3C2c2ccc3ncnn3c2)c(F)cc1F. The van der Waals surface area contributed by atoms with Crippen molar-refractivity contribution in [1.82, 2.24) is 19.5 Å². The van der Waals surface area contributed by atoms with Gasteiger partial charge in [0.2, 0.25) is 0 Å². The molecule has 26 heavy (non-hydrogen) atoms. The second kappa shape index (κ2) is 5.52. The fourth-order valence-electron chi connectivity index (χ4n) is 3.88. The summed E-state index contributed by atoms with van der Waals surface area (Å²) in [5.74, 6) is -1.09.